The van der Waals surface area contributed by atoms with Crippen LogP contribution in [0.5, 0.6) is 0 Å². The second-order valence-electron chi connectivity index (χ2n) is 8.46. The maximum atomic E-state index is 12.0. The molecule has 0 saturated carbocycles. The summed E-state index contributed by atoms with van der Waals surface area (Å²) in [5, 5.41) is 28.8. The van der Waals surface area contributed by atoms with Crippen LogP contribution in [0.4, 0.5) is 0 Å². The van der Waals surface area contributed by atoms with Crippen LogP contribution in [0.1, 0.15) is 55.7 Å². The predicted octanol–water partition coefficient (Wildman–Crippen LogP) is 3.02. The summed E-state index contributed by atoms with van der Waals surface area (Å²) in [7, 11) is -1.37. The number of hydrogen-bond acceptors (Lipinski definition) is 5. The largest absolute Gasteiger partial charge is 0.478 e. The highest BCUT2D eigenvalue weighted by molar-refractivity contribution is 6.40. The molecule has 8 heteroatoms. The van der Waals surface area contributed by atoms with Crippen LogP contribution in [0, 0.1) is 5.92 Å². The highest BCUT2D eigenvalue weighted by atomic mass is 35.5. The summed E-state index contributed by atoms with van der Waals surface area (Å²) in [6, 6.07) is 6.58. The Bertz CT molecular complexity index is 778. The first-order valence-corrected chi connectivity index (χ1v) is 11.3. The van der Waals surface area contributed by atoms with Crippen molar-refractivity contribution in [2.75, 3.05) is 19.6 Å². The maximum Gasteiger partial charge on any atom is 0.451 e. The SMILES string of the molecule is NC/C(CCCB(O)O)=C(\C(=O)O)C1CCN(C2CCCc3cc(Cl)ccc32)CC1. The van der Waals surface area contributed by atoms with E-state index in [2.05, 4.69) is 17.0 Å². The van der Waals surface area contributed by atoms with Crippen molar-refractivity contribution in [3.63, 3.8) is 0 Å². The number of benzene rings is 1. The lowest BCUT2D eigenvalue weighted by molar-refractivity contribution is -0.133. The fourth-order valence-corrected chi connectivity index (χ4v) is 5.29. The van der Waals surface area contributed by atoms with E-state index in [0.29, 0.717) is 24.5 Å². The van der Waals surface area contributed by atoms with Crippen molar-refractivity contribution >= 4 is 24.7 Å². The lowest BCUT2D eigenvalue weighted by Gasteiger charge is -2.40. The number of likely N-dealkylation sites (tertiary alicyclic amines) is 1. The zero-order valence-corrected chi connectivity index (χ0v) is 18.2. The number of carboxylic acid groups (broad SMARTS) is 1. The lowest BCUT2D eigenvalue weighted by Crippen LogP contribution is -2.39. The van der Waals surface area contributed by atoms with Crippen LogP contribution >= 0.6 is 11.6 Å². The van der Waals surface area contributed by atoms with Crippen molar-refractivity contribution in [2.45, 2.75) is 57.3 Å². The Morgan fingerprint density at radius 3 is 2.60 bits per heavy atom. The minimum Gasteiger partial charge on any atom is -0.478 e. The Balaban J connectivity index is 1.69. The molecule has 1 aliphatic heterocycles. The minimum absolute atomic E-state index is 0.00960. The van der Waals surface area contributed by atoms with Crippen LogP contribution < -0.4 is 5.73 Å². The Morgan fingerprint density at radius 2 is 1.97 bits per heavy atom. The van der Waals surface area contributed by atoms with Crippen molar-refractivity contribution in [1.29, 1.82) is 0 Å². The molecule has 2 aliphatic rings. The number of carboxylic acids is 1. The van der Waals surface area contributed by atoms with Crippen molar-refractivity contribution in [3.8, 4) is 0 Å². The van der Waals surface area contributed by atoms with Crippen LogP contribution in [0.15, 0.2) is 29.3 Å². The van der Waals surface area contributed by atoms with Gasteiger partial charge in [0.25, 0.3) is 0 Å². The van der Waals surface area contributed by atoms with Gasteiger partial charge in [0.1, 0.15) is 0 Å². The Hall–Kier alpha value is -1.38. The van der Waals surface area contributed by atoms with Crippen LogP contribution in [-0.2, 0) is 11.2 Å². The molecule has 0 bridgehead atoms. The van der Waals surface area contributed by atoms with E-state index >= 15 is 0 Å². The molecular formula is C22H32BClN2O4. The van der Waals surface area contributed by atoms with Crippen LogP contribution in [0.3, 0.4) is 0 Å². The lowest BCUT2D eigenvalue weighted by atomic mass is 9.80. The standard InChI is InChI=1S/C22H32BClN2O4/c24-18-6-7-19-16(13-18)3-1-5-20(19)26-11-8-15(9-12-26)21(22(27)28)17(14-25)4-2-10-23(29)30/h6-7,13,15,20,29-30H,1-5,8-12,14,25H2,(H,27,28)/b21-17-. The molecule has 1 atom stereocenters. The summed E-state index contributed by atoms with van der Waals surface area (Å²) in [6.07, 6.45) is 6.16. The van der Waals surface area contributed by atoms with Gasteiger partial charge in [0.05, 0.1) is 0 Å². The molecule has 1 aliphatic carbocycles. The number of aryl methyl sites for hydroxylation is 1. The Labute approximate surface area is 183 Å². The highest BCUT2D eigenvalue weighted by Gasteiger charge is 2.33. The average Bonchev–Trinajstić information content (AvgIpc) is 2.72. The van der Waals surface area contributed by atoms with E-state index in [4.69, 9.17) is 27.4 Å². The maximum absolute atomic E-state index is 12.0. The zero-order chi connectivity index (χ0) is 21.7. The van der Waals surface area contributed by atoms with Gasteiger partial charge in [-0.15, -0.1) is 0 Å². The van der Waals surface area contributed by atoms with Gasteiger partial charge in [-0.2, -0.15) is 0 Å². The number of carbonyl (C=O) groups is 1. The van der Waals surface area contributed by atoms with Gasteiger partial charge in [0, 0.05) is 23.2 Å². The van der Waals surface area contributed by atoms with E-state index in [1.165, 1.54) is 11.1 Å². The fourth-order valence-electron chi connectivity index (χ4n) is 5.10. The third-order valence-electron chi connectivity index (χ3n) is 6.56. The molecule has 1 unspecified atom stereocenters. The molecule has 3 rings (SSSR count). The highest BCUT2D eigenvalue weighted by Crippen LogP contribution is 2.39. The third-order valence-corrected chi connectivity index (χ3v) is 6.80. The summed E-state index contributed by atoms with van der Waals surface area (Å²) >= 11 is 6.18. The predicted molar refractivity (Wildman–Crippen MR) is 119 cm³/mol. The molecule has 1 saturated heterocycles. The molecule has 0 spiro atoms. The van der Waals surface area contributed by atoms with Crippen molar-refractivity contribution in [3.05, 3.63) is 45.5 Å². The number of nitrogens with zero attached hydrogens (tertiary/aromatic N) is 1. The summed E-state index contributed by atoms with van der Waals surface area (Å²) < 4.78 is 0. The van der Waals surface area contributed by atoms with Crippen LogP contribution in [-0.4, -0.2) is 52.8 Å². The second kappa shape index (κ2) is 10.8. The van der Waals surface area contributed by atoms with Gasteiger partial charge in [-0.3, -0.25) is 4.90 Å². The third kappa shape index (κ3) is 5.65. The minimum atomic E-state index is -1.37. The fraction of sp³-hybridized carbons (Fsp3) is 0.591. The van der Waals surface area contributed by atoms with Crippen molar-refractivity contribution in [2.24, 2.45) is 11.7 Å². The van der Waals surface area contributed by atoms with E-state index in [1.54, 1.807) is 0 Å². The van der Waals surface area contributed by atoms with Gasteiger partial charge in [0.15, 0.2) is 0 Å². The quantitative estimate of drug-likeness (QED) is 0.370. The summed E-state index contributed by atoms with van der Waals surface area (Å²) in [6.45, 7) is 1.92. The molecule has 1 heterocycles. The first kappa shape index (κ1) is 23.3. The van der Waals surface area contributed by atoms with Gasteiger partial charge < -0.3 is 20.9 Å². The molecule has 6 nitrogen and oxygen atoms in total. The number of nitrogens with two attached hydrogens (primary N) is 1. The zero-order valence-electron chi connectivity index (χ0n) is 17.4. The molecule has 1 aromatic carbocycles. The molecule has 1 aromatic rings. The Kier molecular flexibility index (Phi) is 8.37. The monoisotopic (exact) mass is 434 g/mol. The van der Waals surface area contributed by atoms with Crippen LogP contribution in [0.25, 0.3) is 0 Å². The summed E-state index contributed by atoms with van der Waals surface area (Å²) in [5.74, 6) is -0.902. The molecule has 5 N–H and O–H groups in total. The van der Waals surface area contributed by atoms with E-state index < -0.39 is 13.1 Å². The number of hydrogen-bond donors (Lipinski definition) is 4. The second-order valence-corrected chi connectivity index (χ2v) is 8.90. The molecule has 30 heavy (non-hydrogen) atoms. The number of rotatable bonds is 8. The molecule has 1 fully saturated rings. The van der Waals surface area contributed by atoms with Crippen molar-refractivity contribution in [1.82, 2.24) is 4.90 Å². The number of halogens is 1. The number of fused-ring (bicyclic) bond motifs is 1. The van der Waals surface area contributed by atoms with Gasteiger partial charge in [-0.25, -0.2) is 4.79 Å². The van der Waals surface area contributed by atoms with Gasteiger partial charge >= 0.3 is 13.1 Å². The molecule has 0 aromatic heterocycles. The van der Waals surface area contributed by atoms with E-state index in [1.807, 2.05) is 6.07 Å². The molecule has 164 valence electrons. The van der Waals surface area contributed by atoms with Crippen molar-refractivity contribution < 1.29 is 19.9 Å². The van der Waals surface area contributed by atoms with Gasteiger partial charge in [-0.1, -0.05) is 24.1 Å². The summed E-state index contributed by atoms with van der Waals surface area (Å²) in [4.78, 5) is 14.5. The smallest absolute Gasteiger partial charge is 0.451 e. The van der Waals surface area contributed by atoms with Gasteiger partial charge in [0.2, 0.25) is 0 Å². The van der Waals surface area contributed by atoms with E-state index in [-0.39, 0.29) is 18.8 Å². The number of aliphatic carboxylic acids is 1. The first-order chi connectivity index (χ1) is 14.4. The normalized spacial score (nSPS) is 21.1. The van der Waals surface area contributed by atoms with Gasteiger partial charge in [-0.05, 0) is 92.7 Å². The molecule has 0 radical (unpaired) electrons. The molecule has 0 amide bonds. The van der Waals surface area contributed by atoms with Crippen LogP contribution in [0.2, 0.25) is 11.3 Å². The average molecular weight is 435 g/mol. The molecular weight excluding hydrogens is 403 g/mol. The first-order valence-electron chi connectivity index (χ1n) is 10.9. The number of piperidine rings is 1. The Morgan fingerprint density at radius 1 is 1.23 bits per heavy atom. The van der Waals surface area contributed by atoms with E-state index in [9.17, 15) is 9.90 Å². The van der Waals surface area contributed by atoms with E-state index in [0.717, 1.165) is 55.8 Å². The summed E-state index contributed by atoms with van der Waals surface area (Å²) in [5.41, 5.74) is 9.76. The topological polar surface area (TPSA) is 107 Å².